The largest absolute Gasteiger partial charge is 0.357 e. The molecule has 0 aromatic carbocycles. The van der Waals surface area contributed by atoms with Gasteiger partial charge in [0.1, 0.15) is 0 Å². The average molecular weight is 191 g/mol. The zero-order valence-corrected chi connectivity index (χ0v) is 7.73. The van der Waals surface area contributed by atoms with Gasteiger partial charge in [0.2, 0.25) is 11.0 Å². The summed E-state index contributed by atoms with van der Waals surface area (Å²) in [6.07, 6.45) is 0.734. The van der Waals surface area contributed by atoms with E-state index in [2.05, 4.69) is 5.32 Å². The third-order valence-electron chi connectivity index (χ3n) is 1.91. The lowest BCUT2D eigenvalue weighted by molar-refractivity contribution is -0.124. The summed E-state index contributed by atoms with van der Waals surface area (Å²) in [5, 5.41) is 19.6. The van der Waals surface area contributed by atoms with Gasteiger partial charge >= 0.3 is 0 Å². The number of carbonyl (C=O) groups is 1. The molecular formula is C7H13NO3S. The number of rotatable bonds is 2. The Bertz CT molecular complexity index is 183. The summed E-state index contributed by atoms with van der Waals surface area (Å²) < 4.78 is 0. The standard InChI is InChI=1S/C7H13NO3S/c1-5(9)8-4-6-2-3-12-7(6,10)11/h6,10-11H,2-4H2,1H3,(H,8,9). The fourth-order valence-corrected chi connectivity index (χ4v) is 2.30. The van der Waals surface area contributed by atoms with Crippen LogP contribution in [0.1, 0.15) is 13.3 Å². The second kappa shape index (κ2) is 3.64. The molecule has 0 aromatic heterocycles. The van der Waals surface area contributed by atoms with E-state index in [1.165, 1.54) is 6.92 Å². The molecular weight excluding hydrogens is 178 g/mol. The summed E-state index contributed by atoms with van der Waals surface area (Å²) in [6.45, 7) is 1.76. The van der Waals surface area contributed by atoms with Crippen molar-refractivity contribution in [3.8, 4) is 0 Å². The molecule has 0 radical (unpaired) electrons. The normalized spacial score (nSPS) is 27.1. The van der Waals surface area contributed by atoms with Gasteiger partial charge in [-0.25, -0.2) is 0 Å². The summed E-state index contributed by atoms with van der Waals surface area (Å²) >= 11 is 1.12. The number of aliphatic hydroxyl groups is 2. The Kier molecular flexibility index (Phi) is 2.98. The number of amides is 1. The van der Waals surface area contributed by atoms with Crippen molar-refractivity contribution in [2.24, 2.45) is 5.92 Å². The van der Waals surface area contributed by atoms with Crippen LogP contribution in [0.4, 0.5) is 0 Å². The van der Waals surface area contributed by atoms with Gasteiger partial charge in [-0.05, 0) is 12.2 Å². The summed E-state index contributed by atoms with van der Waals surface area (Å²) in [5.41, 5.74) is 0. The van der Waals surface area contributed by atoms with E-state index in [4.69, 9.17) is 0 Å². The molecule has 1 rings (SSSR count). The van der Waals surface area contributed by atoms with Crippen LogP contribution in [0.15, 0.2) is 0 Å². The predicted octanol–water partition coefficient (Wildman–Crippen LogP) is -0.486. The van der Waals surface area contributed by atoms with Crippen LogP contribution in [0, 0.1) is 5.92 Å². The fourth-order valence-electron chi connectivity index (χ4n) is 1.16. The average Bonchev–Trinajstić information content (AvgIpc) is 2.25. The van der Waals surface area contributed by atoms with E-state index in [1.54, 1.807) is 0 Å². The lowest BCUT2D eigenvalue weighted by Crippen LogP contribution is -2.38. The zero-order valence-electron chi connectivity index (χ0n) is 6.91. The maximum absolute atomic E-state index is 10.5. The molecule has 3 N–H and O–H groups in total. The molecule has 4 nitrogen and oxygen atoms in total. The van der Waals surface area contributed by atoms with Crippen molar-refractivity contribution in [2.75, 3.05) is 12.3 Å². The second-order valence-electron chi connectivity index (χ2n) is 2.93. The molecule has 0 bridgehead atoms. The molecule has 0 aliphatic carbocycles. The lowest BCUT2D eigenvalue weighted by atomic mass is 10.1. The van der Waals surface area contributed by atoms with Crippen molar-refractivity contribution < 1.29 is 15.0 Å². The molecule has 0 saturated carbocycles. The summed E-state index contributed by atoms with van der Waals surface area (Å²) in [7, 11) is 0. The maximum atomic E-state index is 10.5. The molecule has 1 heterocycles. The quantitative estimate of drug-likeness (QED) is 0.515. The van der Waals surface area contributed by atoms with Crippen molar-refractivity contribution in [1.82, 2.24) is 5.32 Å². The SMILES string of the molecule is CC(=O)NCC1CCSC1(O)O. The van der Waals surface area contributed by atoms with Crippen LogP contribution in [0.25, 0.3) is 0 Å². The van der Waals surface area contributed by atoms with Gasteiger partial charge < -0.3 is 15.5 Å². The Morgan fingerprint density at radius 3 is 2.83 bits per heavy atom. The molecule has 1 fully saturated rings. The van der Waals surface area contributed by atoms with Gasteiger partial charge in [0.05, 0.1) is 0 Å². The van der Waals surface area contributed by atoms with Gasteiger partial charge in [-0.15, -0.1) is 0 Å². The molecule has 0 aromatic rings. The van der Waals surface area contributed by atoms with E-state index >= 15 is 0 Å². The Hall–Kier alpha value is -0.260. The van der Waals surface area contributed by atoms with Crippen LogP contribution in [0.5, 0.6) is 0 Å². The van der Waals surface area contributed by atoms with Crippen molar-refractivity contribution in [2.45, 2.75) is 18.5 Å². The van der Waals surface area contributed by atoms with Gasteiger partial charge in [-0.3, -0.25) is 4.79 Å². The molecule has 12 heavy (non-hydrogen) atoms. The molecule has 5 heteroatoms. The number of thioether (sulfide) groups is 1. The molecule has 1 aliphatic rings. The van der Waals surface area contributed by atoms with Crippen LogP contribution < -0.4 is 5.32 Å². The molecule has 1 saturated heterocycles. The Labute approximate surface area is 75.3 Å². The third kappa shape index (κ3) is 2.36. The first-order valence-corrected chi connectivity index (χ1v) is 4.84. The molecule has 1 amide bonds. The van der Waals surface area contributed by atoms with Crippen molar-refractivity contribution in [3.05, 3.63) is 0 Å². The van der Waals surface area contributed by atoms with Crippen LogP contribution in [0.2, 0.25) is 0 Å². The minimum atomic E-state index is -1.65. The van der Waals surface area contributed by atoms with E-state index in [9.17, 15) is 15.0 Å². The molecule has 1 atom stereocenters. The zero-order chi connectivity index (χ0) is 9.19. The Morgan fingerprint density at radius 2 is 2.42 bits per heavy atom. The molecule has 0 spiro atoms. The van der Waals surface area contributed by atoms with E-state index in [-0.39, 0.29) is 11.8 Å². The molecule has 1 aliphatic heterocycles. The minimum absolute atomic E-state index is 0.136. The van der Waals surface area contributed by atoms with E-state index in [0.717, 1.165) is 23.9 Å². The van der Waals surface area contributed by atoms with Gasteiger partial charge in [-0.1, -0.05) is 11.8 Å². The second-order valence-corrected chi connectivity index (χ2v) is 4.23. The highest BCUT2D eigenvalue weighted by molar-refractivity contribution is 8.00. The summed E-state index contributed by atoms with van der Waals surface area (Å²) in [5.74, 6) is 0.353. The van der Waals surface area contributed by atoms with Crippen LogP contribution in [0.3, 0.4) is 0 Å². The monoisotopic (exact) mass is 191 g/mol. The topological polar surface area (TPSA) is 69.6 Å². The number of hydrogen-bond acceptors (Lipinski definition) is 4. The van der Waals surface area contributed by atoms with Gasteiger partial charge in [0.15, 0.2) is 0 Å². The highest BCUT2D eigenvalue weighted by atomic mass is 32.2. The van der Waals surface area contributed by atoms with E-state index < -0.39 is 5.12 Å². The first-order chi connectivity index (χ1) is 5.52. The summed E-state index contributed by atoms with van der Waals surface area (Å²) in [4.78, 5) is 10.5. The van der Waals surface area contributed by atoms with Gasteiger partial charge in [0.25, 0.3) is 0 Å². The van der Waals surface area contributed by atoms with Gasteiger partial charge in [-0.2, -0.15) is 0 Å². The first-order valence-electron chi connectivity index (χ1n) is 3.85. The Morgan fingerprint density at radius 1 is 1.75 bits per heavy atom. The molecule has 1 unspecified atom stereocenters. The van der Waals surface area contributed by atoms with Crippen molar-refractivity contribution in [1.29, 1.82) is 0 Å². The van der Waals surface area contributed by atoms with E-state index in [0.29, 0.717) is 6.54 Å². The highest BCUT2D eigenvalue weighted by Crippen LogP contribution is 2.37. The number of nitrogens with one attached hydrogen (secondary N) is 1. The van der Waals surface area contributed by atoms with Crippen LogP contribution in [-0.2, 0) is 4.79 Å². The molecule has 70 valence electrons. The smallest absolute Gasteiger partial charge is 0.217 e. The van der Waals surface area contributed by atoms with E-state index in [1.807, 2.05) is 0 Å². The van der Waals surface area contributed by atoms with Crippen molar-refractivity contribution in [3.63, 3.8) is 0 Å². The number of carbonyl (C=O) groups excluding carboxylic acids is 1. The van der Waals surface area contributed by atoms with Crippen LogP contribution in [-0.4, -0.2) is 33.5 Å². The summed E-state index contributed by atoms with van der Waals surface area (Å²) in [6, 6.07) is 0. The number of hydrogen-bond donors (Lipinski definition) is 3. The third-order valence-corrected chi connectivity index (χ3v) is 3.11. The predicted molar refractivity (Wildman–Crippen MR) is 46.4 cm³/mol. The lowest BCUT2D eigenvalue weighted by Gasteiger charge is -2.22. The van der Waals surface area contributed by atoms with Gasteiger partial charge in [0, 0.05) is 19.4 Å². The maximum Gasteiger partial charge on any atom is 0.217 e. The minimum Gasteiger partial charge on any atom is -0.357 e. The Balaban J connectivity index is 2.36. The fraction of sp³-hybridized carbons (Fsp3) is 0.857. The van der Waals surface area contributed by atoms with Crippen molar-refractivity contribution >= 4 is 17.7 Å². The highest BCUT2D eigenvalue weighted by Gasteiger charge is 2.40. The van der Waals surface area contributed by atoms with Crippen LogP contribution >= 0.6 is 11.8 Å². The first kappa shape index (κ1) is 9.83.